The standard InChI is InChI=1S/C19H19N3O5/c1-24-15-7-6-12(17(25-2)18(15)26-3)19(23)22-11-13-16(21-9-8-20-13)14-5-4-10-27-14/h4-10H,11H2,1-3H3,(H,22,23). The SMILES string of the molecule is COc1ccc(C(=O)NCc2nccnc2-c2ccco2)c(OC)c1OC. The number of benzene rings is 1. The van der Waals surface area contributed by atoms with E-state index in [9.17, 15) is 4.79 Å². The highest BCUT2D eigenvalue weighted by atomic mass is 16.5. The van der Waals surface area contributed by atoms with Crippen LogP contribution in [0.3, 0.4) is 0 Å². The Labute approximate surface area is 156 Å². The molecule has 0 radical (unpaired) electrons. The number of aromatic nitrogens is 2. The summed E-state index contributed by atoms with van der Waals surface area (Å²) in [5, 5.41) is 2.82. The molecule has 0 saturated carbocycles. The van der Waals surface area contributed by atoms with Crippen molar-refractivity contribution < 1.29 is 23.4 Å². The van der Waals surface area contributed by atoms with Crippen LogP contribution in [0.4, 0.5) is 0 Å². The van der Waals surface area contributed by atoms with Gasteiger partial charge in [0.2, 0.25) is 5.75 Å². The topological polar surface area (TPSA) is 95.7 Å². The molecule has 0 saturated heterocycles. The van der Waals surface area contributed by atoms with E-state index in [0.29, 0.717) is 40.0 Å². The highest BCUT2D eigenvalue weighted by Crippen LogP contribution is 2.39. The number of hydrogen-bond donors (Lipinski definition) is 1. The second-order valence-electron chi connectivity index (χ2n) is 5.39. The van der Waals surface area contributed by atoms with Crippen molar-refractivity contribution in [3.8, 4) is 28.7 Å². The van der Waals surface area contributed by atoms with Crippen molar-refractivity contribution >= 4 is 5.91 Å². The molecule has 2 heterocycles. The van der Waals surface area contributed by atoms with Crippen LogP contribution in [0.25, 0.3) is 11.5 Å². The number of carbonyl (C=O) groups excluding carboxylic acids is 1. The van der Waals surface area contributed by atoms with Crippen molar-refractivity contribution in [2.24, 2.45) is 0 Å². The van der Waals surface area contributed by atoms with Crippen molar-refractivity contribution in [2.75, 3.05) is 21.3 Å². The Kier molecular flexibility index (Phi) is 5.55. The van der Waals surface area contributed by atoms with E-state index in [-0.39, 0.29) is 12.5 Å². The monoisotopic (exact) mass is 369 g/mol. The fourth-order valence-corrected chi connectivity index (χ4v) is 2.65. The van der Waals surface area contributed by atoms with Crippen molar-refractivity contribution in [3.63, 3.8) is 0 Å². The summed E-state index contributed by atoms with van der Waals surface area (Å²) in [5.41, 5.74) is 1.47. The molecule has 0 spiro atoms. The molecule has 8 nitrogen and oxygen atoms in total. The van der Waals surface area contributed by atoms with Gasteiger partial charge < -0.3 is 23.9 Å². The third-order valence-corrected chi connectivity index (χ3v) is 3.89. The molecule has 1 aromatic carbocycles. The fourth-order valence-electron chi connectivity index (χ4n) is 2.65. The van der Waals surface area contributed by atoms with E-state index in [0.717, 1.165) is 0 Å². The van der Waals surface area contributed by atoms with Crippen LogP contribution in [-0.2, 0) is 6.54 Å². The van der Waals surface area contributed by atoms with Gasteiger partial charge in [-0.25, -0.2) is 4.98 Å². The lowest BCUT2D eigenvalue weighted by Crippen LogP contribution is -2.24. The first-order chi connectivity index (χ1) is 13.2. The summed E-state index contributed by atoms with van der Waals surface area (Å²) in [6.07, 6.45) is 4.69. The van der Waals surface area contributed by atoms with Crippen LogP contribution in [0, 0.1) is 0 Å². The van der Waals surface area contributed by atoms with Gasteiger partial charge in [-0.3, -0.25) is 9.78 Å². The predicted molar refractivity (Wildman–Crippen MR) is 97.0 cm³/mol. The lowest BCUT2D eigenvalue weighted by atomic mass is 10.1. The van der Waals surface area contributed by atoms with E-state index in [1.165, 1.54) is 21.3 Å². The number of furan rings is 1. The second kappa shape index (κ2) is 8.22. The van der Waals surface area contributed by atoms with E-state index in [4.69, 9.17) is 18.6 Å². The Morgan fingerprint density at radius 3 is 2.48 bits per heavy atom. The Bertz CT molecular complexity index is 925. The second-order valence-corrected chi connectivity index (χ2v) is 5.39. The molecular weight excluding hydrogens is 350 g/mol. The minimum atomic E-state index is -0.344. The van der Waals surface area contributed by atoms with E-state index >= 15 is 0 Å². The maximum Gasteiger partial charge on any atom is 0.255 e. The van der Waals surface area contributed by atoms with E-state index < -0.39 is 0 Å². The zero-order valence-corrected chi connectivity index (χ0v) is 15.2. The number of nitrogens with zero attached hydrogens (tertiary/aromatic N) is 2. The summed E-state index contributed by atoms with van der Waals surface area (Å²) in [5.74, 6) is 1.35. The first kappa shape index (κ1) is 18.2. The molecule has 0 fully saturated rings. The van der Waals surface area contributed by atoms with Crippen LogP contribution in [0.2, 0.25) is 0 Å². The van der Waals surface area contributed by atoms with Crippen LogP contribution in [0.15, 0.2) is 47.3 Å². The fraction of sp³-hybridized carbons (Fsp3) is 0.211. The van der Waals surface area contributed by atoms with Crippen molar-refractivity contribution in [2.45, 2.75) is 6.54 Å². The van der Waals surface area contributed by atoms with E-state index in [1.54, 1.807) is 42.9 Å². The summed E-state index contributed by atoms with van der Waals surface area (Å²) >= 11 is 0. The number of hydrogen-bond acceptors (Lipinski definition) is 7. The zero-order chi connectivity index (χ0) is 19.2. The van der Waals surface area contributed by atoms with Gasteiger partial charge in [0.05, 0.1) is 45.4 Å². The molecule has 1 N–H and O–H groups in total. The smallest absolute Gasteiger partial charge is 0.255 e. The van der Waals surface area contributed by atoms with Crippen molar-refractivity contribution in [1.82, 2.24) is 15.3 Å². The summed E-state index contributed by atoms with van der Waals surface area (Å²) in [7, 11) is 4.46. The Hall–Kier alpha value is -3.55. The molecule has 140 valence electrons. The number of nitrogens with one attached hydrogen (secondary N) is 1. The highest BCUT2D eigenvalue weighted by molar-refractivity contribution is 5.98. The number of ether oxygens (including phenoxy) is 3. The van der Waals surface area contributed by atoms with Gasteiger partial charge >= 0.3 is 0 Å². The normalized spacial score (nSPS) is 10.3. The molecule has 1 amide bonds. The number of rotatable bonds is 7. The summed E-state index contributed by atoms with van der Waals surface area (Å²) in [4.78, 5) is 21.3. The third-order valence-electron chi connectivity index (χ3n) is 3.89. The molecule has 2 aromatic heterocycles. The van der Waals surface area contributed by atoms with E-state index in [1.807, 2.05) is 0 Å². The van der Waals surface area contributed by atoms with Gasteiger partial charge in [0, 0.05) is 12.4 Å². The van der Waals surface area contributed by atoms with Crippen LogP contribution in [-0.4, -0.2) is 37.2 Å². The maximum atomic E-state index is 12.7. The van der Waals surface area contributed by atoms with Crippen LogP contribution in [0.5, 0.6) is 17.2 Å². The minimum absolute atomic E-state index is 0.167. The van der Waals surface area contributed by atoms with Gasteiger partial charge in [-0.05, 0) is 24.3 Å². The lowest BCUT2D eigenvalue weighted by Gasteiger charge is -2.15. The first-order valence-electron chi connectivity index (χ1n) is 8.10. The average molecular weight is 369 g/mol. The van der Waals surface area contributed by atoms with Crippen molar-refractivity contribution in [3.05, 3.63) is 54.2 Å². The molecule has 3 aromatic rings. The molecule has 0 unspecified atom stereocenters. The molecule has 27 heavy (non-hydrogen) atoms. The van der Waals surface area contributed by atoms with Crippen LogP contribution >= 0.6 is 0 Å². The Morgan fingerprint density at radius 1 is 1.04 bits per heavy atom. The molecule has 0 aliphatic rings. The van der Waals surface area contributed by atoms with Gasteiger partial charge in [-0.15, -0.1) is 0 Å². The predicted octanol–water partition coefficient (Wildman–Crippen LogP) is 2.69. The van der Waals surface area contributed by atoms with Crippen molar-refractivity contribution in [1.29, 1.82) is 0 Å². The first-order valence-corrected chi connectivity index (χ1v) is 8.10. The summed E-state index contributed by atoms with van der Waals surface area (Å²) < 4.78 is 21.3. The van der Waals surface area contributed by atoms with Gasteiger partial charge in [0.1, 0.15) is 5.69 Å². The highest BCUT2D eigenvalue weighted by Gasteiger charge is 2.21. The maximum absolute atomic E-state index is 12.7. The Balaban J connectivity index is 1.84. The summed E-state index contributed by atoms with van der Waals surface area (Å²) in [6, 6.07) is 6.81. The molecule has 0 aliphatic carbocycles. The molecule has 0 atom stereocenters. The minimum Gasteiger partial charge on any atom is -0.493 e. The van der Waals surface area contributed by atoms with Crippen LogP contribution < -0.4 is 19.5 Å². The number of methoxy groups -OCH3 is 3. The third kappa shape index (κ3) is 3.69. The largest absolute Gasteiger partial charge is 0.493 e. The number of carbonyl (C=O) groups is 1. The molecular formula is C19H19N3O5. The number of amides is 1. The molecule has 8 heteroatoms. The lowest BCUT2D eigenvalue weighted by molar-refractivity contribution is 0.0946. The molecule has 0 aliphatic heterocycles. The quantitative estimate of drug-likeness (QED) is 0.684. The summed E-state index contributed by atoms with van der Waals surface area (Å²) in [6.45, 7) is 0.167. The van der Waals surface area contributed by atoms with Gasteiger partial charge in [-0.1, -0.05) is 0 Å². The van der Waals surface area contributed by atoms with Gasteiger partial charge in [0.25, 0.3) is 5.91 Å². The van der Waals surface area contributed by atoms with Gasteiger partial charge in [0.15, 0.2) is 17.3 Å². The molecule has 0 bridgehead atoms. The van der Waals surface area contributed by atoms with Gasteiger partial charge in [-0.2, -0.15) is 0 Å². The van der Waals surface area contributed by atoms with Crippen LogP contribution in [0.1, 0.15) is 16.1 Å². The zero-order valence-electron chi connectivity index (χ0n) is 15.2. The van der Waals surface area contributed by atoms with E-state index in [2.05, 4.69) is 15.3 Å². The average Bonchev–Trinajstić information content (AvgIpc) is 3.25. The molecule has 3 rings (SSSR count). The Morgan fingerprint density at radius 2 is 1.81 bits per heavy atom.